The molecule has 15 heavy (non-hydrogen) atoms. The highest BCUT2D eigenvalue weighted by molar-refractivity contribution is 5.27. The maximum absolute atomic E-state index is 12.8. The lowest BCUT2D eigenvalue weighted by atomic mass is 10.1. The molecule has 0 fully saturated rings. The molecule has 84 valence electrons. The predicted octanol–water partition coefficient (Wildman–Crippen LogP) is 2.50. The Balaban J connectivity index is 2.95. The fraction of sp³-hybridized carbons (Fsp3) is 0.333. The standard InChI is InChI=1S/C9H9F4NO/c1-15-14-5-6-2-3-8(10)7(4-6)9(11,12)13/h2-4,14H,5H2,1H3. The SMILES string of the molecule is CONCc1ccc(F)c(C(F)(F)F)c1. The van der Waals surface area contributed by atoms with Crippen molar-refractivity contribution in [1.82, 2.24) is 5.48 Å². The van der Waals surface area contributed by atoms with E-state index in [9.17, 15) is 17.6 Å². The molecule has 0 unspecified atom stereocenters. The molecule has 0 spiro atoms. The third-order valence-electron chi connectivity index (χ3n) is 1.76. The molecular weight excluding hydrogens is 214 g/mol. The lowest BCUT2D eigenvalue weighted by Gasteiger charge is -2.10. The van der Waals surface area contributed by atoms with Crippen molar-refractivity contribution in [2.24, 2.45) is 0 Å². The van der Waals surface area contributed by atoms with Gasteiger partial charge < -0.3 is 4.84 Å². The molecule has 0 aliphatic heterocycles. The van der Waals surface area contributed by atoms with Gasteiger partial charge in [0, 0.05) is 6.54 Å². The molecule has 0 aliphatic rings. The molecule has 0 heterocycles. The van der Waals surface area contributed by atoms with Crippen LogP contribution in [0, 0.1) is 5.82 Å². The highest BCUT2D eigenvalue weighted by atomic mass is 19.4. The number of hydrogen-bond acceptors (Lipinski definition) is 2. The van der Waals surface area contributed by atoms with Crippen molar-refractivity contribution < 1.29 is 22.4 Å². The number of halogens is 4. The average molecular weight is 223 g/mol. The number of alkyl halides is 3. The van der Waals surface area contributed by atoms with Gasteiger partial charge in [0.05, 0.1) is 12.7 Å². The van der Waals surface area contributed by atoms with Crippen molar-refractivity contribution in [1.29, 1.82) is 0 Å². The van der Waals surface area contributed by atoms with E-state index in [2.05, 4.69) is 10.3 Å². The van der Waals surface area contributed by atoms with E-state index in [1.165, 1.54) is 13.2 Å². The molecule has 0 aromatic heterocycles. The Kier molecular flexibility index (Phi) is 3.65. The zero-order valence-electron chi connectivity index (χ0n) is 7.86. The Labute approximate surface area is 83.8 Å². The van der Waals surface area contributed by atoms with E-state index in [4.69, 9.17) is 0 Å². The van der Waals surface area contributed by atoms with E-state index >= 15 is 0 Å². The normalized spacial score (nSPS) is 11.8. The van der Waals surface area contributed by atoms with Crippen LogP contribution in [0.25, 0.3) is 0 Å². The predicted molar refractivity (Wildman–Crippen MR) is 45.3 cm³/mol. The second-order valence-electron chi connectivity index (χ2n) is 2.84. The first-order valence-corrected chi connectivity index (χ1v) is 4.06. The van der Waals surface area contributed by atoms with Gasteiger partial charge in [-0.15, -0.1) is 0 Å². The van der Waals surface area contributed by atoms with Crippen molar-refractivity contribution in [2.75, 3.05) is 7.11 Å². The van der Waals surface area contributed by atoms with Crippen LogP contribution in [-0.2, 0) is 17.6 Å². The van der Waals surface area contributed by atoms with Crippen LogP contribution in [0.15, 0.2) is 18.2 Å². The summed E-state index contributed by atoms with van der Waals surface area (Å²) in [5.74, 6) is -1.27. The molecular formula is C9H9F4NO. The summed E-state index contributed by atoms with van der Waals surface area (Å²) in [5, 5.41) is 0. The van der Waals surface area contributed by atoms with Crippen LogP contribution in [0.3, 0.4) is 0 Å². The first kappa shape index (κ1) is 11.9. The van der Waals surface area contributed by atoms with Gasteiger partial charge in [0.1, 0.15) is 5.82 Å². The molecule has 0 bridgehead atoms. The van der Waals surface area contributed by atoms with E-state index in [0.29, 0.717) is 5.56 Å². The van der Waals surface area contributed by atoms with Crippen molar-refractivity contribution in [3.05, 3.63) is 35.1 Å². The molecule has 1 N–H and O–H groups in total. The molecule has 0 amide bonds. The zero-order valence-corrected chi connectivity index (χ0v) is 7.86. The molecule has 0 atom stereocenters. The van der Waals surface area contributed by atoms with Crippen molar-refractivity contribution in [3.63, 3.8) is 0 Å². The third-order valence-corrected chi connectivity index (χ3v) is 1.76. The summed E-state index contributed by atoms with van der Waals surface area (Å²) >= 11 is 0. The summed E-state index contributed by atoms with van der Waals surface area (Å²) < 4.78 is 49.6. The highest BCUT2D eigenvalue weighted by Crippen LogP contribution is 2.31. The second-order valence-corrected chi connectivity index (χ2v) is 2.84. The molecule has 1 aromatic carbocycles. The maximum Gasteiger partial charge on any atom is 0.419 e. The topological polar surface area (TPSA) is 21.3 Å². The Hall–Kier alpha value is -1.14. The fourth-order valence-corrected chi connectivity index (χ4v) is 1.06. The molecule has 0 saturated carbocycles. The molecule has 6 heteroatoms. The number of hydroxylamine groups is 1. The van der Waals surface area contributed by atoms with E-state index in [1.54, 1.807) is 0 Å². The monoisotopic (exact) mass is 223 g/mol. The number of nitrogens with one attached hydrogen (secondary N) is 1. The Morgan fingerprint density at radius 2 is 2.00 bits per heavy atom. The first-order valence-electron chi connectivity index (χ1n) is 4.06. The van der Waals surface area contributed by atoms with Crippen LogP contribution in [0.5, 0.6) is 0 Å². The molecule has 1 rings (SSSR count). The van der Waals surface area contributed by atoms with Gasteiger partial charge in [0.25, 0.3) is 0 Å². The van der Waals surface area contributed by atoms with Crippen LogP contribution in [0.2, 0.25) is 0 Å². The fourth-order valence-electron chi connectivity index (χ4n) is 1.06. The van der Waals surface area contributed by atoms with Crippen LogP contribution >= 0.6 is 0 Å². The van der Waals surface area contributed by atoms with Gasteiger partial charge in [-0.25, -0.2) is 4.39 Å². The lowest BCUT2D eigenvalue weighted by Crippen LogP contribution is -2.13. The van der Waals surface area contributed by atoms with Gasteiger partial charge >= 0.3 is 6.18 Å². The zero-order chi connectivity index (χ0) is 11.5. The summed E-state index contributed by atoms with van der Waals surface area (Å²) in [6.07, 6.45) is -4.67. The Morgan fingerprint density at radius 1 is 1.33 bits per heavy atom. The summed E-state index contributed by atoms with van der Waals surface area (Å²) in [6, 6.07) is 2.80. The van der Waals surface area contributed by atoms with Crippen LogP contribution in [0.1, 0.15) is 11.1 Å². The smallest absolute Gasteiger partial charge is 0.305 e. The minimum atomic E-state index is -4.67. The van der Waals surface area contributed by atoms with E-state index in [-0.39, 0.29) is 6.54 Å². The third kappa shape index (κ3) is 3.17. The van der Waals surface area contributed by atoms with E-state index in [0.717, 1.165) is 12.1 Å². The minimum Gasteiger partial charge on any atom is -0.305 e. The molecule has 0 saturated heterocycles. The lowest BCUT2D eigenvalue weighted by molar-refractivity contribution is -0.140. The molecule has 0 radical (unpaired) electrons. The largest absolute Gasteiger partial charge is 0.419 e. The van der Waals surface area contributed by atoms with Crippen molar-refractivity contribution in [2.45, 2.75) is 12.7 Å². The number of hydrogen-bond donors (Lipinski definition) is 1. The Bertz CT molecular complexity index is 337. The highest BCUT2D eigenvalue weighted by Gasteiger charge is 2.34. The van der Waals surface area contributed by atoms with Crippen LogP contribution < -0.4 is 5.48 Å². The first-order chi connectivity index (χ1) is 6.95. The summed E-state index contributed by atoms with van der Waals surface area (Å²) in [7, 11) is 1.34. The average Bonchev–Trinajstić information content (AvgIpc) is 2.15. The van der Waals surface area contributed by atoms with Crippen molar-refractivity contribution in [3.8, 4) is 0 Å². The van der Waals surface area contributed by atoms with Gasteiger partial charge in [-0.2, -0.15) is 18.7 Å². The summed E-state index contributed by atoms with van der Waals surface area (Å²) in [5.41, 5.74) is 1.40. The van der Waals surface area contributed by atoms with E-state index in [1.807, 2.05) is 0 Å². The molecule has 2 nitrogen and oxygen atoms in total. The molecule has 0 aliphatic carbocycles. The van der Waals surface area contributed by atoms with Gasteiger partial charge in [-0.1, -0.05) is 6.07 Å². The second kappa shape index (κ2) is 4.59. The van der Waals surface area contributed by atoms with E-state index < -0.39 is 17.6 Å². The van der Waals surface area contributed by atoms with Crippen molar-refractivity contribution >= 4 is 0 Å². The van der Waals surface area contributed by atoms with Gasteiger partial charge in [0.2, 0.25) is 0 Å². The maximum atomic E-state index is 12.8. The minimum absolute atomic E-state index is 0.0832. The van der Waals surface area contributed by atoms with Gasteiger partial charge in [0.15, 0.2) is 0 Å². The quantitative estimate of drug-likeness (QED) is 0.628. The molecule has 1 aromatic rings. The number of rotatable bonds is 3. The number of benzene rings is 1. The summed E-state index contributed by atoms with van der Waals surface area (Å²) in [6.45, 7) is 0.0832. The van der Waals surface area contributed by atoms with Gasteiger partial charge in [-0.05, 0) is 17.7 Å². The Morgan fingerprint density at radius 3 is 2.53 bits per heavy atom. The van der Waals surface area contributed by atoms with Crippen LogP contribution in [0.4, 0.5) is 17.6 Å². The summed E-state index contributed by atoms with van der Waals surface area (Å²) in [4.78, 5) is 4.48. The van der Waals surface area contributed by atoms with Crippen LogP contribution in [-0.4, -0.2) is 7.11 Å². The van der Waals surface area contributed by atoms with Gasteiger partial charge in [-0.3, -0.25) is 0 Å².